The number of carbonyl (C=O) groups excluding carboxylic acids is 1. The first kappa shape index (κ1) is 15.5. The molecule has 1 atom stereocenters. The van der Waals surface area contributed by atoms with Gasteiger partial charge in [-0.2, -0.15) is 0 Å². The Bertz CT molecular complexity index is 424. The molecule has 19 heavy (non-hydrogen) atoms. The van der Waals surface area contributed by atoms with Crippen molar-refractivity contribution < 1.29 is 14.3 Å². The van der Waals surface area contributed by atoms with Gasteiger partial charge in [0, 0.05) is 0 Å². The van der Waals surface area contributed by atoms with Crippen molar-refractivity contribution in [1.29, 1.82) is 0 Å². The van der Waals surface area contributed by atoms with E-state index in [0.717, 1.165) is 11.3 Å². The van der Waals surface area contributed by atoms with Crippen LogP contribution in [0.25, 0.3) is 0 Å². The van der Waals surface area contributed by atoms with Gasteiger partial charge in [0.1, 0.15) is 5.75 Å². The molecule has 0 aliphatic rings. The van der Waals surface area contributed by atoms with Gasteiger partial charge < -0.3 is 9.47 Å². The number of hydrogen-bond donors (Lipinski definition) is 0. The van der Waals surface area contributed by atoms with Crippen molar-refractivity contribution >= 4 is 5.97 Å². The van der Waals surface area contributed by atoms with Crippen molar-refractivity contribution in [2.75, 3.05) is 6.61 Å². The smallest absolute Gasteiger partial charge is 0.347 e. The lowest BCUT2D eigenvalue weighted by atomic mass is 10.0. The number of aryl methyl sites for hydroxylation is 1. The van der Waals surface area contributed by atoms with Crippen LogP contribution in [0, 0.1) is 6.92 Å². The maximum atomic E-state index is 11.8. The highest BCUT2D eigenvalue weighted by atomic mass is 16.6. The van der Waals surface area contributed by atoms with Crippen LogP contribution in [0.1, 0.15) is 51.2 Å². The van der Waals surface area contributed by atoms with Gasteiger partial charge in [-0.3, -0.25) is 0 Å². The molecule has 106 valence electrons. The van der Waals surface area contributed by atoms with Crippen LogP contribution in [-0.4, -0.2) is 18.7 Å². The van der Waals surface area contributed by atoms with E-state index in [0.29, 0.717) is 18.9 Å². The summed E-state index contributed by atoms with van der Waals surface area (Å²) in [5.74, 6) is 0.913. The first-order valence-corrected chi connectivity index (χ1v) is 6.93. The predicted octanol–water partition coefficient (Wildman–Crippen LogP) is 3.84. The van der Waals surface area contributed by atoms with Gasteiger partial charge in [-0.15, -0.1) is 0 Å². The molecule has 0 bridgehead atoms. The van der Waals surface area contributed by atoms with Crippen molar-refractivity contribution in [1.82, 2.24) is 0 Å². The minimum Gasteiger partial charge on any atom is -0.478 e. The van der Waals surface area contributed by atoms with E-state index < -0.39 is 6.10 Å². The fraction of sp³-hybridized carbons (Fsp3) is 0.562. The Balaban J connectivity index is 2.90. The Hall–Kier alpha value is -1.51. The second-order valence-corrected chi connectivity index (χ2v) is 4.95. The first-order chi connectivity index (χ1) is 8.99. The van der Waals surface area contributed by atoms with Gasteiger partial charge in [0.25, 0.3) is 0 Å². The van der Waals surface area contributed by atoms with Crippen LogP contribution in [0.2, 0.25) is 0 Å². The van der Waals surface area contributed by atoms with E-state index in [1.807, 2.05) is 26.0 Å². The zero-order valence-electron chi connectivity index (χ0n) is 12.5. The summed E-state index contributed by atoms with van der Waals surface area (Å²) in [6, 6.07) is 6.14. The summed E-state index contributed by atoms with van der Waals surface area (Å²) in [6.07, 6.45) is 0.0746. The van der Waals surface area contributed by atoms with Gasteiger partial charge in [-0.1, -0.05) is 32.9 Å². The second kappa shape index (κ2) is 7.17. The van der Waals surface area contributed by atoms with Crippen molar-refractivity contribution in [3.8, 4) is 5.75 Å². The van der Waals surface area contributed by atoms with E-state index in [2.05, 4.69) is 19.9 Å². The minimum absolute atomic E-state index is 0.292. The standard InChI is InChI=1S/C16H24O3/c1-6-14(16(17)18-7-2)19-15-10-13(11(3)4)9-8-12(15)5/h8-11,14H,6-7H2,1-5H3. The molecule has 0 aliphatic carbocycles. The van der Waals surface area contributed by atoms with Gasteiger partial charge in [-0.25, -0.2) is 4.79 Å². The Morgan fingerprint density at radius 3 is 2.47 bits per heavy atom. The monoisotopic (exact) mass is 264 g/mol. The average Bonchev–Trinajstić information content (AvgIpc) is 2.37. The summed E-state index contributed by atoms with van der Waals surface area (Å²) in [5, 5.41) is 0. The molecule has 3 nitrogen and oxygen atoms in total. The molecule has 3 heteroatoms. The van der Waals surface area contributed by atoms with Gasteiger partial charge in [-0.05, 0) is 43.4 Å². The molecule has 0 amide bonds. The molecule has 0 N–H and O–H groups in total. The summed E-state index contributed by atoms with van der Waals surface area (Å²) in [7, 11) is 0. The molecule has 0 fully saturated rings. The van der Waals surface area contributed by atoms with E-state index >= 15 is 0 Å². The van der Waals surface area contributed by atoms with Crippen molar-refractivity contribution in [2.45, 2.75) is 53.1 Å². The number of ether oxygens (including phenoxy) is 2. The largest absolute Gasteiger partial charge is 0.478 e. The third kappa shape index (κ3) is 4.27. The van der Waals surface area contributed by atoms with Crippen LogP contribution in [0.5, 0.6) is 5.75 Å². The molecule has 0 heterocycles. The van der Waals surface area contributed by atoms with E-state index in [1.165, 1.54) is 5.56 Å². The molecule has 0 radical (unpaired) electrons. The third-order valence-electron chi connectivity index (χ3n) is 3.07. The third-order valence-corrected chi connectivity index (χ3v) is 3.07. The minimum atomic E-state index is -0.527. The first-order valence-electron chi connectivity index (χ1n) is 6.93. The molecule has 0 saturated carbocycles. The van der Waals surface area contributed by atoms with E-state index in [4.69, 9.17) is 9.47 Å². The van der Waals surface area contributed by atoms with Gasteiger partial charge in [0.05, 0.1) is 6.61 Å². The van der Waals surface area contributed by atoms with Crippen LogP contribution in [0.4, 0.5) is 0 Å². The molecular weight excluding hydrogens is 240 g/mol. The highest BCUT2D eigenvalue weighted by molar-refractivity contribution is 5.75. The molecule has 1 aromatic carbocycles. The predicted molar refractivity (Wildman–Crippen MR) is 76.6 cm³/mol. The molecule has 1 aromatic rings. The molecule has 1 unspecified atom stereocenters. The number of benzene rings is 1. The summed E-state index contributed by atoms with van der Waals surface area (Å²) in [5.41, 5.74) is 2.24. The lowest BCUT2D eigenvalue weighted by Crippen LogP contribution is -2.29. The quantitative estimate of drug-likeness (QED) is 0.732. The fourth-order valence-corrected chi connectivity index (χ4v) is 1.79. The second-order valence-electron chi connectivity index (χ2n) is 4.95. The number of hydrogen-bond acceptors (Lipinski definition) is 3. The Labute approximate surface area is 115 Å². The highest BCUT2D eigenvalue weighted by Gasteiger charge is 2.20. The van der Waals surface area contributed by atoms with E-state index in [-0.39, 0.29) is 5.97 Å². The molecular formula is C16H24O3. The highest BCUT2D eigenvalue weighted by Crippen LogP contribution is 2.25. The summed E-state index contributed by atoms with van der Waals surface area (Å²) >= 11 is 0. The zero-order chi connectivity index (χ0) is 14.4. The van der Waals surface area contributed by atoms with Crippen molar-refractivity contribution in [3.05, 3.63) is 29.3 Å². The number of carbonyl (C=O) groups is 1. The van der Waals surface area contributed by atoms with Crippen molar-refractivity contribution in [3.63, 3.8) is 0 Å². The summed E-state index contributed by atoms with van der Waals surface area (Å²) < 4.78 is 10.8. The lowest BCUT2D eigenvalue weighted by Gasteiger charge is -2.18. The normalized spacial score (nSPS) is 12.3. The molecule has 1 rings (SSSR count). The molecule has 0 saturated heterocycles. The van der Waals surface area contributed by atoms with Crippen LogP contribution < -0.4 is 4.74 Å². The van der Waals surface area contributed by atoms with Crippen molar-refractivity contribution in [2.24, 2.45) is 0 Å². The Morgan fingerprint density at radius 1 is 1.26 bits per heavy atom. The Kier molecular flexibility index (Phi) is 5.87. The lowest BCUT2D eigenvalue weighted by molar-refractivity contribution is -0.151. The van der Waals surface area contributed by atoms with Crippen LogP contribution in [0.3, 0.4) is 0 Å². The topological polar surface area (TPSA) is 35.5 Å². The SMILES string of the molecule is CCOC(=O)C(CC)Oc1cc(C(C)C)ccc1C. The van der Waals surface area contributed by atoms with Crippen LogP contribution >= 0.6 is 0 Å². The molecule has 0 spiro atoms. The van der Waals surface area contributed by atoms with Crippen LogP contribution in [-0.2, 0) is 9.53 Å². The summed E-state index contributed by atoms with van der Waals surface area (Å²) in [6.45, 7) is 10.4. The van der Waals surface area contributed by atoms with Crippen LogP contribution in [0.15, 0.2) is 18.2 Å². The van der Waals surface area contributed by atoms with Gasteiger partial charge in [0.2, 0.25) is 0 Å². The maximum absolute atomic E-state index is 11.8. The number of rotatable bonds is 6. The Morgan fingerprint density at radius 2 is 1.95 bits per heavy atom. The fourth-order valence-electron chi connectivity index (χ4n) is 1.79. The van der Waals surface area contributed by atoms with Gasteiger partial charge >= 0.3 is 5.97 Å². The number of esters is 1. The van der Waals surface area contributed by atoms with E-state index in [1.54, 1.807) is 6.92 Å². The van der Waals surface area contributed by atoms with E-state index in [9.17, 15) is 4.79 Å². The maximum Gasteiger partial charge on any atom is 0.347 e. The average molecular weight is 264 g/mol. The summed E-state index contributed by atoms with van der Waals surface area (Å²) in [4.78, 5) is 11.8. The zero-order valence-corrected chi connectivity index (χ0v) is 12.5. The molecule has 0 aliphatic heterocycles. The van der Waals surface area contributed by atoms with Gasteiger partial charge in [0.15, 0.2) is 6.10 Å². The molecule has 0 aromatic heterocycles.